The maximum absolute atomic E-state index is 3.61. The van der Waals surface area contributed by atoms with E-state index in [9.17, 15) is 0 Å². The van der Waals surface area contributed by atoms with Crippen molar-refractivity contribution in [2.24, 2.45) is 5.92 Å². The van der Waals surface area contributed by atoms with Crippen molar-refractivity contribution < 1.29 is 0 Å². The highest BCUT2D eigenvalue weighted by Gasteiger charge is 2.11. The van der Waals surface area contributed by atoms with Gasteiger partial charge in [0.15, 0.2) is 0 Å². The van der Waals surface area contributed by atoms with Gasteiger partial charge in [-0.2, -0.15) is 0 Å². The molecule has 0 saturated carbocycles. The van der Waals surface area contributed by atoms with Crippen molar-refractivity contribution in [2.45, 2.75) is 46.1 Å². The maximum Gasteiger partial charge on any atom is 0.00668 e. The Bertz CT molecular complexity index is 119. The lowest BCUT2D eigenvalue weighted by Gasteiger charge is -2.22. The summed E-state index contributed by atoms with van der Waals surface area (Å²) in [4.78, 5) is 2.24. The van der Waals surface area contributed by atoms with E-state index in [1.807, 2.05) is 0 Å². The molecule has 0 amide bonds. The van der Waals surface area contributed by atoms with E-state index in [1.165, 1.54) is 25.8 Å². The van der Waals surface area contributed by atoms with Crippen molar-refractivity contribution in [3.8, 4) is 0 Å². The van der Waals surface area contributed by atoms with Gasteiger partial charge in [0.2, 0.25) is 0 Å². The lowest BCUT2D eigenvalue weighted by atomic mass is 9.95. The van der Waals surface area contributed by atoms with E-state index in [1.54, 1.807) is 0 Å². The molecule has 0 aliphatic heterocycles. The minimum absolute atomic E-state index is 0.673. The van der Waals surface area contributed by atoms with Crippen molar-refractivity contribution in [1.29, 1.82) is 0 Å². The van der Waals surface area contributed by atoms with Crippen LogP contribution in [-0.4, -0.2) is 38.1 Å². The van der Waals surface area contributed by atoms with Crippen molar-refractivity contribution >= 4 is 0 Å². The minimum atomic E-state index is 0.673. The Hall–Kier alpha value is -0.0800. The third-order valence-corrected chi connectivity index (χ3v) is 3.00. The Kier molecular flexibility index (Phi) is 8.20. The summed E-state index contributed by atoms with van der Waals surface area (Å²) in [6.07, 6.45) is 3.83. The van der Waals surface area contributed by atoms with E-state index in [-0.39, 0.29) is 0 Å². The van der Waals surface area contributed by atoms with Gasteiger partial charge < -0.3 is 10.2 Å². The Labute approximate surface area is 90.1 Å². The first kappa shape index (κ1) is 13.9. The van der Waals surface area contributed by atoms with Gasteiger partial charge in [-0.1, -0.05) is 26.7 Å². The monoisotopic (exact) mass is 200 g/mol. The maximum atomic E-state index is 3.61. The molecule has 0 aromatic carbocycles. The van der Waals surface area contributed by atoms with Gasteiger partial charge in [0.25, 0.3) is 0 Å². The number of nitrogens with zero attached hydrogens (tertiary/aromatic N) is 1. The topological polar surface area (TPSA) is 15.3 Å². The fraction of sp³-hybridized carbons (Fsp3) is 1.00. The van der Waals surface area contributed by atoms with Gasteiger partial charge in [-0.05, 0) is 46.4 Å². The number of rotatable bonds is 8. The summed E-state index contributed by atoms with van der Waals surface area (Å²) in [5.41, 5.74) is 0. The van der Waals surface area contributed by atoms with Crippen LogP contribution in [0.2, 0.25) is 0 Å². The second-order valence-corrected chi connectivity index (χ2v) is 4.48. The average molecular weight is 200 g/mol. The summed E-state index contributed by atoms with van der Waals surface area (Å²) in [6.45, 7) is 9.21. The smallest absolute Gasteiger partial charge is 0.00668 e. The fourth-order valence-corrected chi connectivity index (χ4v) is 1.89. The van der Waals surface area contributed by atoms with Gasteiger partial charge in [-0.15, -0.1) is 0 Å². The highest BCUT2D eigenvalue weighted by Crippen LogP contribution is 2.12. The molecular formula is C12H28N2. The molecule has 0 heterocycles. The van der Waals surface area contributed by atoms with Gasteiger partial charge >= 0.3 is 0 Å². The van der Waals surface area contributed by atoms with Gasteiger partial charge in [0.05, 0.1) is 0 Å². The van der Waals surface area contributed by atoms with E-state index in [2.05, 4.69) is 45.1 Å². The fourth-order valence-electron chi connectivity index (χ4n) is 1.89. The normalized spacial score (nSPS) is 13.9. The number of hydrogen-bond donors (Lipinski definition) is 1. The molecule has 0 radical (unpaired) electrons. The van der Waals surface area contributed by atoms with Crippen LogP contribution in [0.4, 0.5) is 0 Å². The quantitative estimate of drug-likeness (QED) is 0.605. The summed E-state index contributed by atoms with van der Waals surface area (Å²) < 4.78 is 0. The first-order chi connectivity index (χ1) is 6.61. The van der Waals surface area contributed by atoms with Crippen molar-refractivity contribution in [3.63, 3.8) is 0 Å². The second-order valence-electron chi connectivity index (χ2n) is 4.48. The number of nitrogens with one attached hydrogen (secondary N) is 1. The van der Waals surface area contributed by atoms with Gasteiger partial charge in [-0.3, -0.25) is 0 Å². The zero-order valence-electron chi connectivity index (χ0n) is 10.6. The molecule has 0 bridgehead atoms. The zero-order valence-corrected chi connectivity index (χ0v) is 10.6. The van der Waals surface area contributed by atoms with Gasteiger partial charge in [-0.25, -0.2) is 0 Å². The Morgan fingerprint density at radius 2 is 1.71 bits per heavy atom. The summed E-state index contributed by atoms with van der Waals surface area (Å²) in [5.74, 6) is 0.842. The average Bonchev–Trinajstić information content (AvgIpc) is 2.14. The molecule has 0 aliphatic rings. The molecule has 1 N–H and O–H groups in total. The van der Waals surface area contributed by atoms with Crippen LogP contribution < -0.4 is 5.32 Å². The molecule has 0 aromatic heterocycles. The van der Waals surface area contributed by atoms with E-state index < -0.39 is 0 Å². The largest absolute Gasteiger partial charge is 0.314 e. The third kappa shape index (κ3) is 6.39. The molecule has 0 fully saturated rings. The highest BCUT2D eigenvalue weighted by atomic mass is 15.1. The minimum Gasteiger partial charge on any atom is -0.314 e. The van der Waals surface area contributed by atoms with Crippen LogP contribution in [0.5, 0.6) is 0 Å². The predicted octanol–water partition coefficient (Wildman–Crippen LogP) is 2.35. The van der Waals surface area contributed by atoms with Crippen LogP contribution in [0.3, 0.4) is 0 Å². The predicted molar refractivity (Wildman–Crippen MR) is 64.7 cm³/mol. The second kappa shape index (κ2) is 8.25. The molecule has 86 valence electrons. The molecule has 2 nitrogen and oxygen atoms in total. The summed E-state index contributed by atoms with van der Waals surface area (Å²) in [7, 11) is 4.26. The third-order valence-electron chi connectivity index (χ3n) is 3.00. The van der Waals surface area contributed by atoms with Crippen molar-refractivity contribution in [1.82, 2.24) is 10.2 Å². The summed E-state index contributed by atoms with van der Waals surface area (Å²) in [6, 6.07) is 0.673. The first-order valence-electron chi connectivity index (χ1n) is 5.99. The van der Waals surface area contributed by atoms with E-state index in [0.717, 1.165) is 12.5 Å². The lowest BCUT2D eigenvalue weighted by molar-refractivity contribution is 0.337. The van der Waals surface area contributed by atoms with Gasteiger partial charge in [0, 0.05) is 6.04 Å². The molecule has 14 heavy (non-hydrogen) atoms. The van der Waals surface area contributed by atoms with Crippen LogP contribution in [0.15, 0.2) is 0 Å². The number of hydrogen-bond acceptors (Lipinski definition) is 2. The molecular weight excluding hydrogens is 172 g/mol. The SMILES string of the molecule is CCC(CC)C(C)NCCCN(C)C. The Balaban J connectivity index is 3.47. The first-order valence-corrected chi connectivity index (χ1v) is 5.99. The standard InChI is InChI=1S/C12H28N2/c1-6-12(7-2)11(3)13-9-8-10-14(4)5/h11-13H,6-10H2,1-5H3. The molecule has 0 aromatic rings. The lowest BCUT2D eigenvalue weighted by Crippen LogP contribution is -2.34. The van der Waals surface area contributed by atoms with Crippen molar-refractivity contribution in [3.05, 3.63) is 0 Å². The highest BCUT2D eigenvalue weighted by molar-refractivity contribution is 4.69. The molecule has 1 unspecified atom stereocenters. The van der Waals surface area contributed by atoms with Gasteiger partial charge in [0.1, 0.15) is 0 Å². The van der Waals surface area contributed by atoms with E-state index >= 15 is 0 Å². The van der Waals surface area contributed by atoms with Crippen LogP contribution in [-0.2, 0) is 0 Å². The molecule has 0 saturated heterocycles. The van der Waals surface area contributed by atoms with Crippen LogP contribution in [0.25, 0.3) is 0 Å². The van der Waals surface area contributed by atoms with E-state index in [4.69, 9.17) is 0 Å². The molecule has 0 aliphatic carbocycles. The molecule has 0 rings (SSSR count). The zero-order chi connectivity index (χ0) is 11.0. The molecule has 2 heteroatoms. The van der Waals surface area contributed by atoms with E-state index in [0.29, 0.717) is 6.04 Å². The summed E-state index contributed by atoms with van der Waals surface area (Å²) >= 11 is 0. The Morgan fingerprint density at radius 1 is 1.14 bits per heavy atom. The van der Waals surface area contributed by atoms with Crippen LogP contribution in [0.1, 0.15) is 40.0 Å². The van der Waals surface area contributed by atoms with Crippen LogP contribution in [0, 0.1) is 5.92 Å². The van der Waals surface area contributed by atoms with Crippen LogP contribution >= 0.6 is 0 Å². The van der Waals surface area contributed by atoms with Crippen molar-refractivity contribution in [2.75, 3.05) is 27.2 Å². The summed E-state index contributed by atoms with van der Waals surface area (Å²) in [5, 5.41) is 3.61. The Morgan fingerprint density at radius 3 is 2.14 bits per heavy atom. The molecule has 0 spiro atoms. The molecule has 1 atom stereocenters.